The van der Waals surface area contributed by atoms with Crippen LogP contribution in [0, 0.1) is 5.92 Å². The van der Waals surface area contributed by atoms with Crippen molar-refractivity contribution in [3.8, 4) is 0 Å². The molecule has 0 unspecified atom stereocenters. The van der Waals surface area contributed by atoms with E-state index in [9.17, 15) is 22.8 Å². The zero-order valence-corrected chi connectivity index (χ0v) is 11.2. The lowest BCUT2D eigenvalue weighted by molar-refractivity contribution is -0.146. The zero-order valence-electron chi connectivity index (χ0n) is 11.2. The first-order valence-electron chi connectivity index (χ1n) is 7.01. The number of carbonyl (C=O) groups excluding carboxylic acids is 2. The predicted octanol–water partition coefficient (Wildman–Crippen LogP) is 1.85. The van der Waals surface area contributed by atoms with Crippen LogP contribution in [0.15, 0.2) is 0 Å². The van der Waals surface area contributed by atoms with Gasteiger partial charge in [-0.05, 0) is 19.3 Å². The van der Waals surface area contributed by atoms with E-state index in [1.165, 1.54) is 0 Å². The summed E-state index contributed by atoms with van der Waals surface area (Å²) in [7, 11) is 0. The minimum absolute atomic E-state index is 0.0248. The van der Waals surface area contributed by atoms with Crippen molar-refractivity contribution in [1.29, 1.82) is 0 Å². The van der Waals surface area contributed by atoms with Crippen LogP contribution in [0.1, 0.15) is 38.5 Å². The average Bonchev–Trinajstić information content (AvgIpc) is 2.89. The lowest BCUT2D eigenvalue weighted by atomic mass is 9.95. The summed E-state index contributed by atoms with van der Waals surface area (Å²) in [5.41, 5.74) is 0. The molecule has 1 N–H and O–H groups in total. The van der Waals surface area contributed by atoms with E-state index in [4.69, 9.17) is 0 Å². The maximum atomic E-state index is 12.1. The quantitative estimate of drug-likeness (QED) is 0.863. The Hall–Kier alpha value is -1.27. The molecule has 4 nitrogen and oxygen atoms in total. The third-order valence-electron chi connectivity index (χ3n) is 4.04. The van der Waals surface area contributed by atoms with E-state index in [-0.39, 0.29) is 24.9 Å². The van der Waals surface area contributed by atoms with Crippen LogP contribution >= 0.6 is 0 Å². The summed E-state index contributed by atoms with van der Waals surface area (Å²) in [6, 6.07) is 0.167. The molecule has 2 aliphatic rings. The van der Waals surface area contributed by atoms with Gasteiger partial charge in [-0.25, -0.2) is 0 Å². The molecule has 7 heteroatoms. The summed E-state index contributed by atoms with van der Waals surface area (Å²) >= 11 is 0. The number of halogens is 3. The van der Waals surface area contributed by atoms with E-state index in [2.05, 4.69) is 0 Å². The van der Waals surface area contributed by atoms with Gasteiger partial charge in [-0.1, -0.05) is 12.8 Å². The van der Waals surface area contributed by atoms with E-state index < -0.39 is 24.5 Å². The van der Waals surface area contributed by atoms with Gasteiger partial charge in [0, 0.05) is 19.0 Å². The molecule has 0 aromatic rings. The molecular formula is C13H19F3N2O2. The first kappa shape index (κ1) is 15.1. The summed E-state index contributed by atoms with van der Waals surface area (Å²) in [6.45, 7) is -1.05. The number of hydrogen-bond donors (Lipinski definition) is 1. The maximum Gasteiger partial charge on any atom is 0.405 e. The molecule has 1 aliphatic carbocycles. The van der Waals surface area contributed by atoms with Crippen LogP contribution in [0.4, 0.5) is 13.2 Å². The zero-order chi connectivity index (χ0) is 14.8. The van der Waals surface area contributed by atoms with Gasteiger partial charge in [0.2, 0.25) is 11.8 Å². The number of likely N-dealkylation sites (tertiary alicyclic amines) is 1. The smallest absolute Gasteiger partial charge is 0.347 e. The number of nitrogens with zero attached hydrogens (tertiary/aromatic N) is 1. The van der Waals surface area contributed by atoms with Crippen molar-refractivity contribution < 1.29 is 22.8 Å². The summed E-state index contributed by atoms with van der Waals surface area (Å²) in [5, 5.41) is 1.92. The number of nitrogens with one attached hydrogen (secondary N) is 1. The molecule has 2 fully saturated rings. The highest BCUT2D eigenvalue weighted by molar-refractivity contribution is 5.84. The molecule has 2 rings (SSSR count). The molecule has 1 saturated heterocycles. The van der Waals surface area contributed by atoms with Crippen molar-refractivity contribution in [2.45, 2.75) is 50.7 Å². The first-order chi connectivity index (χ1) is 9.37. The minimum Gasteiger partial charge on any atom is -0.347 e. The largest absolute Gasteiger partial charge is 0.405 e. The predicted molar refractivity (Wildman–Crippen MR) is 65.8 cm³/mol. The average molecular weight is 292 g/mol. The Bertz CT molecular complexity index is 378. The lowest BCUT2D eigenvalue weighted by Crippen LogP contribution is -2.50. The number of alkyl halides is 3. The number of carbonyl (C=O) groups is 2. The molecule has 0 bridgehead atoms. The fraction of sp³-hybridized carbons (Fsp3) is 0.846. The highest BCUT2D eigenvalue weighted by Gasteiger charge is 2.36. The second-order valence-electron chi connectivity index (χ2n) is 5.55. The maximum absolute atomic E-state index is 12.1. The van der Waals surface area contributed by atoms with Crippen LogP contribution in [-0.2, 0) is 9.59 Å². The van der Waals surface area contributed by atoms with Crippen molar-refractivity contribution in [1.82, 2.24) is 10.2 Å². The standard InChI is InChI=1S/C13H19F3N2O2/c14-13(15,16)8-17-12(20)9-5-6-11(19)18(7-9)10-3-1-2-4-10/h9-10H,1-8H2,(H,17,20)/t9-/m0/s1. The highest BCUT2D eigenvalue weighted by Crippen LogP contribution is 2.28. The van der Waals surface area contributed by atoms with Gasteiger partial charge in [-0.2, -0.15) is 13.2 Å². The van der Waals surface area contributed by atoms with Crippen molar-refractivity contribution in [2.75, 3.05) is 13.1 Å². The van der Waals surface area contributed by atoms with Gasteiger partial charge < -0.3 is 10.2 Å². The number of amides is 2. The molecule has 0 radical (unpaired) electrons. The highest BCUT2D eigenvalue weighted by atomic mass is 19.4. The normalized spacial score (nSPS) is 25.1. The van der Waals surface area contributed by atoms with Crippen LogP contribution < -0.4 is 5.32 Å². The molecule has 1 aliphatic heterocycles. The summed E-state index contributed by atoms with van der Waals surface area (Å²) < 4.78 is 36.3. The SMILES string of the molecule is O=C(NCC(F)(F)F)[C@H]1CCC(=O)N(C2CCCC2)C1. The van der Waals surface area contributed by atoms with Crippen LogP contribution in [0.2, 0.25) is 0 Å². The van der Waals surface area contributed by atoms with Crippen molar-refractivity contribution in [2.24, 2.45) is 5.92 Å². The van der Waals surface area contributed by atoms with Crippen molar-refractivity contribution in [3.63, 3.8) is 0 Å². The Balaban J connectivity index is 1.89. The van der Waals surface area contributed by atoms with Gasteiger partial charge in [0.15, 0.2) is 0 Å². The van der Waals surface area contributed by atoms with E-state index >= 15 is 0 Å². The first-order valence-corrected chi connectivity index (χ1v) is 7.01. The molecule has 1 atom stereocenters. The monoisotopic (exact) mass is 292 g/mol. The van der Waals surface area contributed by atoms with Crippen molar-refractivity contribution >= 4 is 11.8 Å². The molecule has 2 amide bonds. The fourth-order valence-corrected chi connectivity index (χ4v) is 2.99. The molecule has 114 valence electrons. The third kappa shape index (κ3) is 3.86. The van der Waals surface area contributed by atoms with Crippen LogP contribution in [0.3, 0.4) is 0 Å². The Morgan fingerprint density at radius 3 is 2.50 bits per heavy atom. The second kappa shape index (κ2) is 6.01. The number of rotatable bonds is 3. The van der Waals surface area contributed by atoms with Crippen molar-refractivity contribution in [3.05, 3.63) is 0 Å². The Labute approximate surface area is 115 Å². The van der Waals surface area contributed by atoms with Gasteiger partial charge in [0.1, 0.15) is 6.54 Å². The van der Waals surface area contributed by atoms with Gasteiger partial charge in [0.05, 0.1) is 5.92 Å². The molecule has 0 spiro atoms. The number of piperidine rings is 1. The van der Waals surface area contributed by atoms with Gasteiger partial charge in [0.25, 0.3) is 0 Å². The van der Waals surface area contributed by atoms with Gasteiger partial charge >= 0.3 is 6.18 Å². The molecule has 0 aromatic heterocycles. The molecule has 0 aromatic carbocycles. The van der Waals surface area contributed by atoms with Crippen LogP contribution in [-0.4, -0.2) is 42.0 Å². The van der Waals surface area contributed by atoms with E-state index in [1.54, 1.807) is 4.90 Å². The Morgan fingerprint density at radius 1 is 1.25 bits per heavy atom. The summed E-state index contributed by atoms with van der Waals surface area (Å²) in [4.78, 5) is 25.3. The van der Waals surface area contributed by atoms with Gasteiger partial charge in [-0.15, -0.1) is 0 Å². The van der Waals surface area contributed by atoms with Gasteiger partial charge in [-0.3, -0.25) is 9.59 Å². The topological polar surface area (TPSA) is 49.4 Å². The molecule has 1 heterocycles. The summed E-state index contributed by atoms with van der Waals surface area (Å²) in [5.74, 6) is -1.09. The Kier molecular flexibility index (Phi) is 4.55. The molecule has 1 saturated carbocycles. The fourth-order valence-electron chi connectivity index (χ4n) is 2.99. The molecular weight excluding hydrogens is 273 g/mol. The third-order valence-corrected chi connectivity index (χ3v) is 4.04. The molecule has 20 heavy (non-hydrogen) atoms. The lowest BCUT2D eigenvalue weighted by Gasteiger charge is -2.36. The second-order valence-corrected chi connectivity index (χ2v) is 5.55. The van der Waals surface area contributed by atoms with E-state index in [0.29, 0.717) is 6.42 Å². The number of hydrogen-bond acceptors (Lipinski definition) is 2. The van der Waals surface area contributed by atoms with E-state index in [1.807, 2.05) is 5.32 Å². The summed E-state index contributed by atoms with van der Waals surface area (Å²) in [6.07, 6.45) is 0.196. The Morgan fingerprint density at radius 2 is 1.90 bits per heavy atom. The van der Waals surface area contributed by atoms with E-state index in [0.717, 1.165) is 25.7 Å². The minimum atomic E-state index is -4.40. The van der Waals surface area contributed by atoms with Crippen LogP contribution in [0.25, 0.3) is 0 Å². The van der Waals surface area contributed by atoms with Crippen LogP contribution in [0.5, 0.6) is 0 Å².